The van der Waals surface area contributed by atoms with Crippen molar-refractivity contribution in [2.45, 2.75) is 25.4 Å². The van der Waals surface area contributed by atoms with E-state index in [9.17, 15) is 9.59 Å². The first-order valence-corrected chi connectivity index (χ1v) is 6.21. The van der Waals surface area contributed by atoms with E-state index in [1.54, 1.807) is 6.07 Å². The zero-order chi connectivity index (χ0) is 13.8. The summed E-state index contributed by atoms with van der Waals surface area (Å²) in [5, 5.41) is 2.71. The number of esters is 1. The Morgan fingerprint density at radius 2 is 2.11 bits per heavy atom. The van der Waals surface area contributed by atoms with Gasteiger partial charge in [0.2, 0.25) is 0 Å². The number of rotatable bonds is 2. The summed E-state index contributed by atoms with van der Waals surface area (Å²) in [7, 11) is 0. The van der Waals surface area contributed by atoms with E-state index < -0.39 is 12.1 Å². The number of nitrogen functional groups attached to an aromatic ring is 2. The number of carbonyl (C=O) groups excluding carboxylic acids is 2. The van der Waals surface area contributed by atoms with Crippen LogP contribution < -0.4 is 16.8 Å². The largest absolute Gasteiger partial charge is 0.449 e. The molecule has 1 aromatic rings. The van der Waals surface area contributed by atoms with Crippen LogP contribution in [0.25, 0.3) is 0 Å². The lowest BCUT2D eigenvalue weighted by Gasteiger charge is -2.15. The van der Waals surface area contributed by atoms with E-state index in [0.717, 1.165) is 12.8 Å². The summed E-state index contributed by atoms with van der Waals surface area (Å²) >= 11 is 0. The SMILES string of the molecule is Nc1ccc(C(=O)OC2CCCCNC2=O)c(N)c1. The second-order valence-corrected chi connectivity index (χ2v) is 4.53. The molecule has 1 saturated heterocycles. The van der Waals surface area contributed by atoms with Gasteiger partial charge in [0.05, 0.1) is 5.56 Å². The molecule has 1 unspecified atom stereocenters. The van der Waals surface area contributed by atoms with Gasteiger partial charge in [0.25, 0.3) is 5.91 Å². The van der Waals surface area contributed by atoms with Crippen molar-refractivity contribution < 1.29 is 14.3 Å². The van der Waals surface area contributed by atoms with Crippen molar-refractivity contribution in [1.82, 2.24) is 5.32 Å². The van der Waals surface area contributed by atoms with Gasteiger partial charge in [0, 0.05) is 17.9 Å². The molecule has 0 radical (unpaired) electrons. The Morgan fingerprint density at radius 3 is 2.84 bits per heavy atom. The molecule has 5 N–H and O–H groups in total. The van der Waals surface area contributed by atoms with Crippen LogP contribution in [-0.4, -0.2) is 24.5 Å². The van der Waals surface area contributed by atoms with E-state index in [0.29, 0.717) is 18.7 Å². The monoisotopic (exact) mass is 263 g/mol. The van der Waals surface area contributed by atoms with Gasteiger partial charge >= 0.3 is 5.97 Å². The third kappa shape index (κ3) is 3.15. The highest BCUT2D eigenvalue weighted by molar-refractivity contribution is 5.97. The van der Waals surface area contributed by atoms with Crippen molar-refractivity contribution in [2.24, 2.45) is 0 Å². The molecule has 1 aliphatic heterocycles. The molecular formula is C13H17N3O3. The van der Waals surface area contributed by atoms with Crippen molar-refractivity contribution in [3.8, 4) is 0 Å². The second kappa shape index (κ2) is 5.60. The minimum Gasteiger partial charge on any atom is -0.449 e. The molecule has 1 atom stereocenters. The van der Waals surface area contributed by atoms with Crippen LogP contribution in [0.3, 0.4) is 0 Å². The molecule has 102 valence electrons. The van der Waals surface area contributed by atoms with E-state index in [1.165, 1.54) is 12.1 Å². The molecule has 19 heavy (non-hydrogen) atoms. The summed E-state index contributed by atoms with van der Waals surface area (Å²) in [6, 6.07) is 4.56. The van der Waals surface area contributed by atoms with E-state index in [-0.39, 0.29) is 17.2 Å². The number of ether oxygens (including phenoxy) is 1. The lowest BCUT2D eigenvalue weighted by molar-refractivity contribution is -0.129. The van der Waals surface area contributed by atoms with Crippen molar-refractivity contribution in [3.05, 3.63) is 23.8 Å². The molecule has 1 aliphatic rings. The lowest BCUT2D eigenvalue weighted by Crippen LogP contribution is -2.36. The highest BCUT2D eigenvalue weighted by atomic mass is 16.5. The van der Waals surface area contributed by atoms with Gasteiger partial charge in [-0.3, -0.25) is 4.79 Å². The van der Waals surface area contributed by atoms with E-state index in [4.69, 9.17) is 16.2 Å². The number of hydrogen-bond donors (Lipinski definition) is 3. The van der Waals surface area contributed by atoms with Crippen molar-refractivity contribution >= 4 is 23.3 Å². The third-order valence-electron chi connectivity index (χ3n) is 3.03. The van der Waals surface area contributed by atoms with Crippen LogP contribution >= 0.6 is 0 Å². The minimum atomic E-state index is -0.744. The van der Waals surface area contributed by atoms with Gasteiger partial charge in [-0.15, -0.1) is 0 Å². The quantitative estimate of drug-likeness (QED) is 0.537. The van der Waals surface area contributed by atoms with Crippen LogP contribution in [0.15, 0.2) is 18.2 Å². The molecule has 1 amide bonds. The zero-order valence-electron chi connectivity index (χ0n) is 10.5. The molecule has 0 aromatic heterocycles. The van der Waals surface area contributed by atoms with Crippen LogP contribution in [0.2, 0.25) is 0 Å². The van der Waals surface area contributed by atoms with Crippen LogP contribution in [0, 0.1) is 0 Å². The predicted molar refractivity (Wildman–Crippen MR) is 71.3 cm³/mol. The van der Waals surface area contributed by atoms with Crippen LogP contribution in [0.5, 0.6) is 0 Å². The highest BCUT2D eigenvalue weighted by Gasteiger charge is 2.25. The Bertz CT molecular complexity index is 502. The lowest BCUT2D eigenvalue weighted by atomic mass is 10.1. The first-order valence-electron chi connectivity index (χ1n) is 6.21. The number of nitrogens with one attached hydrogen (secondary N) is 1. The topological polar surface area (TPSA) is 107 Å². The average Bonchev–Trinajstić information content (AvgIpc) is 2.55. The Morgan fingerprint density at radius 1 is 1.32 bits per heavy atom. The Kier molecular flexibility index (Phi) is 3.89. The van der Waals surface area contributed by atoms with Gasteiger partial charge in [-0.05, 0) is 37.5 Å². The summed E-state index contributed by atoms with van der Waals surface area (Å²) in [5.74, 6) is -0.848. The van der Waals surface area contributed by atoms with E-state index in [1.807, 2.05) is 0 Å². The Labute approximate surface area is 111 Å². The molecule has 0 bridgehead atoms. The van der Waals surface area contributed by atoms with Gasteiger partial charge in [-0.25, -0.2) is 4.79 Å². The summed E-state index contributed by atoms with van der Waals surface area (Å²) in [6.07, 6.45) is 1.52. The van der Waals surface area contributed by atoms with Crippen LogP contribution in [0.1, 0.15) is 29.6 Å². The molecule has 6 heteroatoms. The zero-order valence-corrected chi connectivity index (χ0v) is 10.5. The molecule has 2 rings (SSSR count). The second-order valence-electron chi connectivity index (χ2n) is 4.53. The maximum atomic E-state index is 12.0. The summed E-state index contributed by atoms with van der Waals surface area (Å²) < 4.78 is 5.22. The molecule has 1 fully saturated rings. The standard InChI is InChI=1S/C13H17N3O3/c14-8-4-5-9(10(15)7-8)13(18)19-11-3-1-2-6-16-12(11)17/h4-5,7,11H,1-3,6,14-15H2,(H,16,17). The fraction of sp³-hybridized carbons (Fsp3) is 0.385. The first-order chi connectivity index (χ1) is 9.08. The third-order valence-corrected chi connectivity index (χ3v) is 3.03. The number of anilines is 2. The molecule has 0 aliphatic carbocycles. The highest BCUT2D eigenvalue weighted by Crippen LogP contribution is 2.19. The number of hydrogen-bond acceptors (Lipinski definition) is 5. The minimum absolute atomic E-state index is 0.228. The first kappa shape index (κ1) is 13.2. The van der Waals surface area contributed by atoms with E-state index >= 15 is 0 Å². The molecule has 6 nitrogen and oxygen atoms in total. The number of benzene rings is 1. The Balaban J connectivity index is 2.09. The number of amides is 1. The maximum Gasteiger partial charge on any atom is 0.341 e. The summed E-state index contributed by atoms with van der Waals surface area (Å²) in [6.45, 7) is 0.622. The fourth-order valence-corrected chi connectivity index (χ4v) is 1.98. The number of carbonyl (C=O) groups is 2. The predicted octanol–water partition coefficient (Wildman–Crippen LogP) is 0.676. The van der Waals surface area contributed by atoms with Gasteiger partial charge < -0.3 is 21.5 Å². The normalized spacial score (nSPS) is 19.4. The number of nitrogens with two attached hydrogens (primary N) is 2. The smallest absolute Gasteiger partial charge is 0.341 e. The summed E-state index contributed by atoms with van der Waals surface area (Å²) in [5.41, 5.74) is 12.2. The molecule has 0 spiro atoms. The molecular weight excluding hydrogens is 246 g/mol. The molecule has 1 aromatic carbocycles. The molecule has 0 saturated carbocycles. The van der Waals surface area contributed by atoms with Gasteiger partial charge in [0.1, 0.15) is 0 Å². The van der Waals surface area contributed by atoms with Gasteiger partial charge in [-0.1, -0.05) is 0 Å². The average molecular weight is 263 g/mol. The van der Waals surface area contributed by atoms with Crippen LogP contribution in [-0.2, 0) is 9.53 Å². The maximum absolute atomic E-state index is 12.0. The van der Waals surface area contributed by atoms with Gasteiger partial charge in [-0.2, -0.15) is 0 Å². The van der Waals surface area contributed by atoms with Gasteiger partial charge in [0.15, 0.2) is 6.10 Å². The van der Waals surface area contributed by atoms with E-state index in [2.05, 4.69) is 5.32 Å². The molecule has 1 heterocycles. The summed E-state index contributed by atoms with van der Waals surface area (Å²) in [4.78, 5) is 23.7. The Hall–Kier alpha value is -2.24. The van der Waals surface area contributed by atoms with Crippen molar-refractivity contribution in [3.63, 3.8) is 0 Å². The van der Waals surface area contributed by atoms with Crippen molar-refractivity contribution in [1.29, 1.82) is 0 Å². The van der Waals surface area contributed by atoms with Crippen LogP contribution in [0.4, 0.5) is 11.4 Å². The van der Waals surface area contributed by atoms with Crippen molar-refractivity contribution in [2.75, 3.05) is 18.0 Å². The fourth-order valence-electron chi connectivity index (χ4n) is 1.98.